The Balaban J connectivity index is 2.49. The number of rotatable bonds is 7. The third-order valence-electron chi connectivity index (χ3n) is 4.06. The summed E-state index contributed by atoms with van der Waals surface area (Å²) in [5.74, 6) is -0.992. The molecule has 2 aromatic rings. The lowest BCUT2D eigenvalue weighted by Gasteiger charge is -2.16. The molecule has 2 rings (SSSR count). The van der Waals surface area contributed by atoms with Crippen molar-refractivity contribution in [3.63, 3.8) is 0 Å². The number of nitrogens with zero attached hydrogens (tertiary/aromatic N) is 3. The first kappa shape index (κ1) is 19.3. The SMILES string of the molecule is CCC(Nc1cc(-n2ncn(C(C)CC)c2=O)c(Cl)cc1Cl)C(=O)O. The second kappa shape index (κ2) is 7.93. The average Bonchev–Trinajstić information content (AvgIpc) is 2.94. The standard InChI is InChI=1S/C16H20Cl2N4O3/c1-4-9(3)21-8-19-22(16(21)25)14-7-13(10(17)6-11(14)18)20-12(5-2)15(23)24/h6-9,12,20H,4-5H2,1-3H3,(H,23,24). The quantitative estimate of drug-likeness (QED) is 0.758. The van der Waals surface area contributed by atoms with Crippen molar-refractivity contribution in [1.29, 1.82) is 0 Å². The first-order chi connectivity index (χ1) is 11.8. The number of halogens is 2. The van der Waals surface area contributed by atoms with Crippen LogP contribution in [0.3, 0.4) is 0 Å². The number of carboxylic acids is 1. The summed E-state index contributed by atoms with van der Waals surface area (Å²) in [7, 11) is 0. The summed E-state index contributed by atoms with van der Waals surface area (Å²) in [4.78, 5) is 23.8. The second-order valence-corrected chi connectivity index (χ2v) is 6.53. The van der Waals surface area contributed by atoms with Gasteiger partial charge in [-0.1, -0.05) is 37.0 Å². The van der Waals surface area contributed by atoms with Crippen molar-refractivity contribution in [3.05, 3.63) is 39.0 Å². The van der Waals surface area contributed by atoms with Crippen molar-refractivity contribution >= 4 is 34.9 Å². The van der Waals surface area contributed by atoms with Crippen LogP contribution in [0.1, 0.15) is 39.7 Å². The normalized spacial score (nSPS) is 13.5. The molecule has 0 bridgehead atoms. The molecule has 1 aromatic carbocycles. The van der Waals surface area contributed by atoms with Gasteiger partial charge < -0.3 is 10.4 Å². The van der Waals surface area contributed by atoms with E-state index in [0.717, 1.165) is 6.42 Å². The van der Waals surface area contributed by atoms with Crippen LogP contribution in [-0.2, 0) is 4.79 Å². The van der Waals surface area contributed by atoms with Gasteiger partial charge in [0.25, 0.3) is 0 Å². The molecule has 0 radical (unpaired) electrons. The van der Waals surface area contributed by atoms with Crippen molar-refractivity contribution in [2.24, 2.45) is 0 Å². The van der Waals surface area contributed by atoms with E-state index in [4.69, 9.17) is 23.2 Å². The van der Waals surface area contributed by atoms with Gasteiger partial charge in [0.05, 0.1) is 21.4 Å². The summed E-state index contributed by atoms with van der Waals surface area (Å²) in [5, 5.41) is 16.7. The minimum Gasteiger partial charge on any atom is -0.480 e. The third-order valence-corrected chi connectivity index (χ3v) is 4.68. The summed E-state index contributed by atoms with van der Waals surface area (Å²) >= 11 is 12.4. The zero-order valence-corrected chi connectivity index (χ0v) is 15.7. The summed E-state index contributed by atoms with van der Waals surface area (Å²) < 4.78 is 2.70. The molecule has 2 N–H and O–H groups in total. The molecule has 25 heavy (non-hydrogen) atoms. The number of aliphatic carboxylic acids is 1. The molecule has 0 aliphatic rings. The fourth-order valence-corrected chi connectivity index (χ4v) is 2.83. The van der Waals surface area contributed by atoms with Gasteiger partial charge in [0.1, 0.15) is 12.4 Å². The lowest BCUT2D eigenvalue weighted by atomic mass is 10.2. The van der Waals surface area contributed by atoms with E-state index in [2.05, 4.69) is 10.4 Å². The van der Waals surface area contributed by atoms with Gasteiger partial charge in [0, 0.05) is 6.04 Å². The molecule has 9 heteroatoms. The van der Waals surface area contributed by atoms with Gasteiger partial charge in [-0.25, -0.2) is 9.59 Å². The molecule has 0 fully saturated rings. The van der Waals surface area contributed by atoms with Gasteiger partial charge in [0.2, 0.25) is 0 Å². The van der Waals surface area contributed by atoms with E-state index in [0.29, 0.717) is 17.8 Å². The molecule has 0 aliphatic carbocycles. The number of hydrogen-bond acceptors (Lipinski definition) is 4. The molecule has 0 aliphatic heterocycles. The number of carbonyl (C=O) groups is 1. The molecule has 2 atom stereocenters. The lowest BCUT2D eigenvalue weighted by Crippen LogP contribution is -2.29. The van der Waals surface area contributed by atoms with Crippen LogP contribution in [-0.4, -0.2) is 31.5 Å². The highest BCUT2D eigenvalue weighted by Crippen LogP contribution is 2.31. The van der Waals surface area contributed by atoms with Crippen LogP contribution in [0.4, 0.5) is 5.69 Å². The maximum absolute atomic E-state index is 12.6. The lowest BCUT2D eigenvalue weighted by molar-refractivity contribution is -0.137. The van der Waals surface area contributed by atoms with Gasteiger partial charge in [0.15, 0.2) is 0 Å². The van der Waals surface area contributed by atoms with E-state index >= 15 is 0 Å². The number of hydrogen-bond donors (Lipinski definition) is 2. The van der Waals surface area contributed by atoms with Crippen LogP contribution in [0.15, 0.2) is 23.3 Å². The highest BCUT2D eigenvalue weighted by atomic mass is 35.5. The second-order valence-electron chi connectivity index (χ2n) is 5.72. The fraction of sp³-hybridized carbons (Fsp3) is 0.438. The van der Waals surface area contributed by atoms with E-state index in [1.54, 1.807) is 6.92 Å². The largest absolute Gasteiger partial charge is 0.480 e. The minimum atomic E-state index is -0.992. The smallest absolute Gasteiger partial charge is 0.350 e. The van der Waals surface area contributed by atoms with E-state index in [9.17, 15) is 14.7 Å². The molecule has 7 nitrogen and oxygen atoms in total. The van der Waals surface area contributed by atoms with Crippen molar-refractivity contribution in [3.8, 4) is 5.69 Å². The number of nitrogens with one attached hydrogen (secondary N) is 1. The van der Waals surface area contributed by atoms with Gasteiger partial charge in [-0.15, -0.1) is 0 Å². The molecular formula is C16H20Cl2N4O3. The molecule has 0 amide bonds. The third kappa shape index (κ3) is 3.99. The van der Waals surface area contributed by atoms with Gasteiger partial charge in [-0.3, -0.25) is 4.57 Å². The van der Waals surface area contributed by atoms with Crippen LogP contribution in [0.5, 0.6) is 0 Å². The number of anilines is 1. The van der Waals surface area contributed by atoms with Crippen LogP contribution in [0.2, 0.25) is 10.0 Å². The summed E-state index contributed by atoms with van der Waals surface area (Å²) in [5.41, 5.74) is 0.385. The van der Waals surface area contributed by atoms with Crippen LogP contribution in [0.25, 0.3) is 5.69 Å². The van der Waals surface area contributed by atoms with Gasteiger partial charge >= 0.3 is 11.7 Å². The van der Waals surface area contributed by atoms with Crippen molar-refractivity contribution in [1.82, 2.24) is 14.3 Å². The molecule has 1 heterocycles. The minimum absolute atomic E-state index is 0.00130. The fourth-order valence-electron chi connectivity index (χ4n) is 2.32. The first-order valence-corrected chi connectivity index (χ1v) is 8.70. The zero-order valence-electron chi connectivity index (χ0n) is 14.2. The Labute approximate surface area is 155 Å². The van der Waals surface area contributed by atoms with Gasteiger partial charge in [-0.2, -0.15) is 9.78 Å². The van der Waals surface area contributed by atoms with E-state index in [1.165, 1.54) is 27.7 Å². The summed E-state index contributed by atoms with van der Waals surface area (Å²) in [6.45, 7) is 5.64. The van der Waals surface area contributed by atoms with Crippen molar-refractivity contribution in [2.45, 2.75) is 45.7 Å². The monoisotopic (exact) mass is 386 g/mol. The zero-order chi connectivity index (χ0) is 18.7. The average molecular weight is 387 g/mol. The Bertz CT molecular complexity index is 831. The Hall–Kier alpha value is -1.99. The van der Waals surface area contributed by atoms with E-state index in [-0.39, 0.29) is 21.8 Å². The number of carboxylic acid groups (broad SMARTS) is 1. The summed E-state index contributed by atoms with van der Waals surface area (Å²) in [6.07, 6.45) is 2.61. The highest BCUT2D eigenvalue weighted by Gasteiger charge is 2.19. The Kier molecular flexibility index (Phi) is 6.13. The first-order valence-electron chi connectivity index (χ1n) is 7.95. The molecular weight excluding hydrogens is 367 g/mol. The Morgan fingerprint density at radius 3 is 2.52 bits per heavy atom. The molecule has 0 spiro atoms. The predicted octanol–water partition coefficient (Wildman–Crippen LogP) is 3.59. The van der Waals surface area contributed by atoms with E-state index < -0.39 is 12.0 Å². The van der Waals surface area contributed by atoms with Crippen molar-refractivity contribution < 1.29 is 9.90 Å². The summed E-state index contributed by atoms with van der Waals surface area (Å²) in [6, 6.07) is 2.19. The molecule has 1 aromatic heterocycles. The van der Waals surface area contributed by atoms with Crippen LogP contribution < -0.4 is 11.0 Å². The van der Waals surface area contributed by atoms with Crippen molar-refractivity contribution in [2.75, 3.05) is 5.32 Å². The Morgan fingerprint density at radius 1 is 1.28 bits per heavy atom. The molecule has 0 saturated heterocycles. The predicted molar refractivity (Wildman–Crippen MR) is 98.2 cm³/mol. The molecule has 0 saturated carbocycles. The van der Waals surface area contributed by atoms with Gasteiger partial charge in [-0.05, 0) is 31.9 Å². The van der Waals surface area contributed by atoms with Crippen LogP contribution in [0, 0.1) is 0 Å². The Morgan fingerprint density at radius 2 is 1.96 bits per heavy atom. The molecule has 2 unspecified atom stereocenters. The highest BCUT2D eigenvalue weighted by molar-refractivity contribution is 6.37. The number of benzene rings is 1. The maximum atomic E-state index is 12.6. The van der Waals surface area contributed by atoms with Crippen LogP contribution >= 0.6 is 23.2 Å². The van der Waals surface area contributed by atoms with E-state index in [1.807, 2.05) is 13.8 Å². The maximum Gasteiger partial charge on any atom is 0.350 e. The topological polar surface area (TPSA) is 89.2 Å². The molecule has 136 valence electrons. The number of aromatic nitrogens is 3.